The molecule has 0 bridgehead atoms. The van der Waals surface area contributed by atoms with Crippen LogP contribution in [0.5, 0.6) is 0 Å². The van der Waals surface area contributed by atoms with Crippen LogP contribution in [-0.4, -0.2) is 16.9 Å². The molecule has 1 heterocycles. The molecule has 0 aliphatic heterocycles. The van der Waals surface area contributed by atoms with Crippen LogP contribution in [0.15, 0.2) is 23.6 Å². The summed E-state index contributed by atoms with van der Waals surface area (Å²) in [5, 5.41) is 3.10. The molecule has 0 unspecified atom stereocenters. The van der Waals surface area contributed by atoms with Gasteiger partial charge in [-0.25, -0.2) is 4.98 Å². The van der Waals surface area contributed by atoms with Crippen molar-refractivity contribution in [2.75, 3.05) is 4.90 Å². The first-order chi connectivity index (χ1) is 10.8. The summed E-state index contributed by atoms with van der Waals surface area (Å²) in [6.45, 7) is 12.5. The summed E-state index contributed by atoms with van der Waals surface area (Å²) >= 11 is 1.64. The zero-order chi connectivity index (χ0) is 17.1. The summed E-state index contributed by atoms with van der Waals surface area (Å²) in [5.74, 6) is 0.512. The van der Waals surface area contributed by atoms with Gasteiger partial charge in [-0.2, -0.15) is 0 Å². The smallest absolute Gasteiger partial charge is 0.233 e. The third-order valence-electron chi connectivity index (χ3n) is 3.81. The number of carbonyl (C=O) groups excluding carboxylic acids is 1. The van der Waals surface area contributed by atoms with Crippen LogP contribution >= 0.6 is 11.3 Å². The Morgan fingerprint density at radius 2 is 1.91 bits per heavy atom. The van der Waals surface area contributed by atoms with E-state index in [9.17, 15) is 4.79 Å². The van der Waals surface area contributed by atoms with Crippen molar-refractivity contribution in [3.63, 3.8) is 0 Å². The predicted molar refractivity (Wildman–Crippen MR) is 98.4 cm³/mol. The molecule has 1 amide bonds. The lowest BCUT2D eigenvalue weighted by atomic mass is 10.1. The van der Waals surface area contributed by atoms with Crippen molar-refractivity contribution < 1.29 is 4.79 Å². The Bertz CT molecular complexity index is 688. The average Bonchev–Trinajstić information content (AvgIpc) is 2.91. The highest BCUT2D eigenvalue weighted by Gasteiger charge is 2.22. The van der Waals surface area contributed by atoms with E-state index in [2.05, 4.69) is 64.7 Å². The minimum Gasteiger partial charge on any atom is -0.309 e. The Balaban J connectivity index is 2.26. The van der Waals surface area contributed by atoms with Crippen LogP contribution in [0.4, 0.5) is 5.69 Å². The van der Waals surface area contributed by atoms with E-state index in [1.807, 2.05) is 10.3 Å². The van der Waals surface area contributed by atoms with E-state index in [0.29, 0.717) is 12.3 Å². The first kappa shape index (κ1) is 17.7. The molecule has 0 saturated heterocycles. The quantitative estimate of drug-likeness (QED) is 0.784. The molecule has 2 aromatic rings. The van der Waals surface area contributed by atoms with Gasteiger partial charge in [0.25, 0.3) is 0 Å². The molecule has 0 fully saturated rings. The number of hydrogen-bond acceptors (Lipinski definition) is 3. The van der Waals surface area contributed by atoms with Crippen LogP contribution in [0.1, 0.15) is 55.4 Å². The molecule has 2 rings (SSSR count). The average molecular weight is 330 g/mol. The molecule has 3 nitrogen and oxygen atoms in total. The van der Waals surface area contributed by atoms with E-state index in [1.165, 1.54) is 5.56 Å². The van der Waals surface area contributed by atoms with E-state index in [1.54, 1.807) is 11.3 Å². The van der Waals surface area contributed by atoms with Gasteiger partial charge < -0.3 is 4.90 Å². The van der Waals surface area contributed by atoms with Crippen LogP contribution in [0.2, 0.25) is 0 Å². The third kappa shape index (κ3) is 4.20. The maximum absolute atomic E-state index is 12.9. The maximum atomic E-state index is 12.9. The van der Waals surface area contributed by atoms with Crippen molar-refractivity contribution in [3.05, 3.63) is 45.4 Å². The monoisotopic (exact) mass is 330 g/mol. The first-order valence-electron chi connectivity index (χ1n) is 8.13. The highest BCUT2D eigenvalue weighted by atomic mass is 32.1. The van der Waals surface area contributed by atoms with Gasteiger partial charge in [-0.15, -0.1) is 11.3 Å². The van der Waals surface area contributed by atoms with Crippen molar-refractivity contribution in [2.24, 2.45) is 0 Å². The molecule has 0 spiro atoms. The molecular weight excluding hydrogens is 304 g/mol. The van der Waals surface area contributed by atoms with Crippen LogP contribution in [0.3, 0.4) is 0 Å². The summed E-state index contributed by atoms with van der Waals surface area (Å²) < 4.78 is 0. The Labute approximate surface area is 143 Å². The lowest BCUT2D eigenvalue weighted by molar-refractivity contribution is -0.118. The Hall–Kier alpha value is -1.68. The molecule has 1 aromatic heterocycles. The van der Waals surface area contributed by atoms with Gasteiger partial charge in [-0.3, -0.25) is 4.79 Å². The van der Waals surface area contributed by atoms with E-state index in [0.717, 1.165) is 22.0 Å². The number of amides is 1. The van der Waals surface area contributed by atoms with Crippen LogP contribution < -0.4 is 4.90 Å². The number of hydrogen-bond donors (Lipinski definition) is 0. The van der Waals surface area contributed by atoms with Gasteiger partial charge in [0.15, 0.2) is 0 Å². The van der Waals surface area contributed by atoms with Crippen molar-refractivity contribution in [2.45, 2.75) is 59.9 Å². The zero-order valence-corrected chi connectivity index (χ0v) is 15.7. The molecule has 4 heteroatoms. The van der Waals surface area contributed by atoms with Crippen LogP contribution in [0.25, 0.3) is 0 Å². The fourth-order valence-corrected chi connectivity index (χ4v) is 3.42. The van der Waals surface area contributed by atoms with E-state index < -0.39 is 0 Å². The highest BCUT2D eigenvalue weighted by Crippen LogP contribution is 2.25. The molecule has 0 radical (unpaired) electrons. The van der Waals surface area contributed by atoms with Crippen LogP contribution in [0, 0.1) is 13.8 Å². The predicted octanol–water partition coefficient (Wildman–Crippen LogP) is 4.87. The molecule has 0 saturated carbocycles. The largest absolute Gasteiger partial charge is 0.309 e. The topological polar surface area (TPSA) is 33.2 Å². The van der Waals surface area contributed by atoms with Gasteiger partial charge in [0.1, 0.15) is 0 Å². The molecule has 1 aromatic carbocycles. The summed E-state index contributed by atoms with van der Waals surface area (Å²) in [6.07, 6.45) is 0.356. The van der Waals surface area contributed by atoms with E-state index >= 15 is 0 Å². The fourth-order valence-electron chi connectivity index (χ4n) is 2.59. The van der Waals surface area contributed by atoms with Gasteiger partial charge in [-0.05, 0) is 44.9 Å². The third-order valence-corrected chi connectivity index (χ3v) is 5.00. The molecule has 0 aliphatic rings. The number of rotatable bonds is 5. The summed E-state index contributed by atoms with van der Waals surface area (Å²) in [7, 11) is 0. The minimum absolute atomic E-state index is 0.106. The van der Waals surface area contributed by atoms with E-state index in [4.69, 9.17) is 0 Å². The summed E-state index contributed by atoms with van der Waals surface area (Å²) in [4.78, 5) is 19.4. The van der Waals surface area contributed by atoms with Crippen molar-refractivity contribution in [3.8, 4) is 0 Å². The SMILES string of the molecule is Cc1ccc(C)c(N(C(=O)Cc2csc(C(C)C)n2)C(C)C)c1. The van der Waals surface area contributed by atoms with E-state index in [-0.39, 0.29) is 11.9 Å². The Morgan fingerprint density at radius 3 is 2.48 bits per heavy atom. The first-order valence-corrected chi connectivity index (χ1v) is 9.01. The normalized spacial score (nSPS) is 11.3. The second-order valence-electron chi connectivity index (χ2n) is 6.66. The molecule has 0 atom stereocenters. The Morgan fingerprint density at radius 1 is 1.22 bits per heavy atom. The van der Waals surface area contributed by atoms with Crippen LogP contribution in [-0.2, 0) is 11.2 Å². The van der Waals surface area contributed by atoms with Gasteiger partial charge in [0.2, 0.25) is 5.91 Å². The van der Waals surface area contributed by atoms with Crippen molar-refractivity contribution in [1.29, 1.82) is 0 Å². The molecule has 124 valence electrons. The second kappa shape index (κ2) is 7.26. The number of aromatic nitrogens is 1. The molecule has 0 N–H and O–H groups in total. The van der Waals surface area contributed by atoms with Crippen molar-refractivity contribution in [1.82, 2.24) is 4.98 Å². The molecule has 0 aliphatic carbocycles. The number of aryl methyl sites for hydroxylation is 2. The minimum atomic E-state index is 0.106. The van der Waals surface area contributed by atoms with Gasteiger partial charge in [0.05, 0.1) is 17.1 Å². The molecular formula is C19H26N2OS. The summed E-state index contributed by atoms with van der Waals surface area (Å²) in [6, 6.07) is 6.36. The maximum Gasteiger partial charge on any atom is 0.233 e. The number of thiazole rings is 1. The Kier molecular flexibility index (Phi) is 5.58. The number of nitrogens with zero attached hydrogens (tertiary/aromatic N) is 2. The summed E-state index contributed by atoms with van der Waals surface area (Å²) in [5.41, 5.74) is 4.17. The zero-order valence-electron chi connectivity index (χ0n) is 14.9. The number of carbonyl (C=O) groups is 1. The lowest BCUT2D eigenvalue weighted by Gasteiger charge is -2.28. The number of anilines is 1. The number of benzene rings is 1. The van der Waals surface area contributed by atoms with Gasteiger partial charge >= 0.3 is 0 Å². The lowest BCUT2D eigenvalue weighted by Crippen LogP contribution is -2.38. The molecule has 23 heavy (non-hydrogen) atoms. The fraction of sp³-hybridized carbons (Fsp3) is 0.474. The highest BCUT2D eigenvalue weighted by molar-refractivity contribution is 7.09. The standard InChI is InChI=1S/C19H26N2OS/c1-12(2)19-20-16(11-23-19)10-18(22)21(13(3)4)17-9-14(5)7-8-15(17)6/h7-9,11-13H,10H2,1-6H3. The van der Waals surface area contributed by atoms with Gasteiger partial charge in [-0.1, -0.05) is 26.0 Å². The van der Waals surface area contributed by atoms with Gasteiger partial charge in [0, 0.05) is 23.0 Å². The van der Waals surface area contributed by atoms with Crippen molar-refractivity contribution >= 4 is 22.9 Å². The second-order valence-corrected chi connectivity index (χ2v) is 7.55.